The van der Waals surface area contributed by atoms with Gasteiger partial charge in [0, 0.05) is 42.5 Å². The van der Waals surface area contributed by atoms with Crippen LogP contribution in [0.15, 0.2) is 40.7 Å². The Balaban J connectivity index is 1.67. The molecule has 8 heteroatoms. The Hall–Kier alpha value is -2.39. The molecule has 0 aromatic carbocycles. The largest absolute Gasteiger partial charge is 0.387 e. The summed E-state index contributed by atoms with van der Waals surface area (Å²) in [5.41, 5.74) is 3.59. The summed E-state index contributed by atoms with van der Waals surface area (Å²) in [6.45, 7) is 6.03. The van der Waals surface area contributed by atoms with E-state index in [2.05, 4.69) is 21.7 Å². The maximum Gasteiger partial charge on any atom is 0.164 e. The molecule has 148 valence electrons. The van der Waals surface area contributed by atoms with Gasteiger partial charge in [0.2, 0.25) is 0 Å². The van der Waals surface area contributed by atoms with Crippen LogP contribution in [0, 0.1) is 0 Å². The van der Waals surface area contributed by atoms with Gasteiger partial charge in [-0.2, -0.15) is 0 Å². The molecule has 2 aliphatic rings. The monoisotopic (exact) mass is 384 g/mol. The Kier molecular flexibility index (Phi) is 5.11. The van der Waals surface area contributed by atoms with E-state index in [9.17, 15) is 10.2 Å². The second kappa shape index (κ2) is 7.56. The molecule has 1 fully saturated rings. The van der Waals surface area contributed by atoms with Crippen LogP contribution in [-0.2, 0) is 15.9 Å². The van der Waals surface area contributed by atoms with Gasteiger partial charge < -0.3 is 24.3 Å². The fraction of sp³-hybridized carbons (Fsp3) is 0.450. The van der Waals surface area contributed by atoms with E-state index >= 15 is 0 Å². The zero-order chi connectivity index (χ0) is 19.8. The van der Waals surface area contributed by atoms with Crippen molar-refractivity contribution in [2.75, 3.05) is 13.7 Å². The predicted octanol–water partition coefficient (Wildman–Crippen LogP) is 1.59. The average Bonchev–Trinajstić information content (AvgIpc) is 3.28. The Labute approximate surface area is 163 Å². The third-order valence-electron chi connectivity index (χ3n) is 5.53. The highest BCUT2D eigenvalue weighted by Gasteiger charge is 2.49. The molecule has 4 rings (SSSR count). The molecular weight excluding hydrogens is 360 g/mol. The van der Waals surface area contributed by atoms with Gasteiger partial charge in [0.05, 0.1) is 6.61 Å². The van der Waals surface area contributed by atoms with E-state index in [4.69, 9.17) is 9.47 Å². The van der Waals surface area contributed by atoms with Crippen LogP contribution in [0.4, 0.5) is 5.82 Å². The van der Waals surface area contributed by atoms with Gasteiger partial charge in [-0.1, -0.05) is 0 Å². The molecule has 0 radical (unpaired) electrons. The third-order valence-corrected chi connectivity index (χ3v) is 5.53. The zero-order valence-corrected chi connectivity index (χ0v) is 15.9. The van der Waals surface area contributed by atoms with E-state index in [1.54, 1.807) is 30.2 Å². The Morgan fingerprint density at radius 2 is 2.14 bits per heavy atom. The Morgan fingerprint density at radius 1 is 1.32 bits per heavy atom. The molecule has 1 saturated heterocycles. The molecule has 2 aromatic heterocycles. The van der Waals surface area contributed by atoms with Gasteiger partial charge in [-0.25, -0.2) is 4.99 Å². The number of rotatable bonds is 4. The Bertz CT molecular complexity index is 909. The van der Waals surface area contributed by atoms with Gasteiger partial charge in [0.25, 0.3) is 0 Å². The lowest BCUT2D eigenvalue weighted by molar-refractivity contribution is -0.114. The molecule has 0 unspecified atom stereocenters. The van der Waals surface area contributed by atoms with Crippen molar-refractivity contribution in [3.05, 3.63) is 47.4 Å². The summed E-state index contributed by atoms with van der Waals surface area (Å²) in [4.78, 5) is 12.5. The van der Waals surface area contributed by atoms with Crippen molar-refractivity contribution in [1.82, 2.24) is 9.55 Å². The van der Waals surface area contributed by atoms with E-state index in [1.807, 2.05) is 19.1 Å². The fourth-order valence-corrected chi connectivity index (χ4v) is 3.96. The molecule has 0 spiro atoms. The third kappa shape index (κ3) is 2.98. The van der Waals surface area contributed by atoms with Crippen LogP contribution in [0.2, 0.25) is 0 Å². The van der Waals surface area contributed by atoms with Crippen molar-refractivity contribution >= 4 is 18.2 Å². The van der Waals surface area contributed by atoms with Gasteiger partial charge in [0.1, 0.15) is 30.2 Å². The van der Waals surface area contributed by atoms with Crippen LogP contribution in [0.25, 0.3) is 0 Å². The average molecular weight is 384 g/mol. The maximum atomic E-state index is 10.7. The van der Waals surface area contributed by atoms with Crippen LogP contribution in [0.5, 0.6) is 0 Å². The number of aliphatic hydroxyl groups is 2. The van der Waals surface area contributed by atoms with Gasteiger partial charge in [-0.3, -0.25) is 9.98 Å². The van der Waals surface area contributed by atoms with Crippen molar-refractivity contribution in [3.63, 3.8) is 0 Å². The number of aliphatic imine (C=N–C) groups is 2. The standard InChI is InChI=1S/C20H24N4O4/c1-11(21-2)13-5-8-24(19(13)22-3)20-16(26)15(25)18(28-20)17-14-10-23-7-4-12(14)6-9-27-17/h4-5,7-8,10,15-18,20,25-26H,3,6,9H2,1-2H3/b21-11-/t15-,16+,17+,18-,20+/m0/s1. The highest BCUT2D eigenvalue weighted by atomic mass is 16.6. The second-order valence-corrected chi connectivity index (χ2v) is 7.02. The number of aliphatic hydroxyl groups excluding tert-OH is 2. The van der Waals surface area contributed by atoms with E-state index < -0.39 is 30.6 Å². The number of nitrogens with zero attached hydrogens (tertiary/aromatic N) is 4. The first-order valence-electron chi connectivity index (χ1n) is 9.24. The lowest BCUT2D eigenvalue weighted by Crippen LogP contribution is -2.37. The van der Waals surface area contributed by atoms with E-state index in [1.165, 1.54) is 0 Å². The van der Waals surface area contributed by atoms with E-state index in [0.717, 1.165) is 28.8 Å². The summed E-state index contributed by atoms with van der Waals surface area (Å²) in [7, 11) is 1.70. The van der Waals surface area contributed by atoms with Gasteiger partial charge >= 0.3 is 0 Å². The summed E-state index contributed by atoms with van der Waals surface area (Å²) in [5, 5.41) is 21.5. The molecular formula is C20H24N4O4. The van der Waals surface area contributed by atoms with Gasteiger partial charge in [-0.05, 0) is 37.8 Å². The highest BCUT2D eigenvalue weighted by Crippen LogP contribution is 2.42. The fourth-order valence-electron chi connectivity index (χ4n) is 3.96. The molecule has 0 bridgehead atoms. The number of hydrogen-bond acceptors (Lipinski definition) is 7. The number of ether oxygens (including phenoxy) is 2. The first kappa shape index (κ1) is 18.9. The zero-order valence-electron chi connectivity index (χ0n) is 15.9. The van der Waals surface area contributed by atoms with Crippen molar-refractivity contribution in [2.45, 2.75) is 44.0 Å². The van der Waals surface area contributed by atoms with Crippen LogP contribution >= 0.6 is 0 Å². The van der Waals surface area contributed by atoms with Crippen molar-refractivity contribution in [1.29, 1.82) is 0 Å². The summed E-state index contributed by atoms with van der Waals surface area (Å²) in [6, 6.07) is 3.80. The summed E-state index contributed by atoms with van der Waals surface area (Å²) >= 11 is 0. The Morgan fingerprint density at radius 3 is 2.89 bits per heavy atom. The smallest absolute Gasteiger partial charge is 0.164 e. The molecule has 2 aromatic rings. The number of aromatic nitrogens is 2. The summed E-state index contributed by atoms with van der Waals surface area (Å²) < 4.78 is 13.7. The minimum atomic E-state index is -1.14. The molecule has 8 nitrogen and oxygen atoms in total. The van der Waals surface area contributed by atoms with Crippen LogP contribution in [0.1, 0.15) is 35.9 Å². The number of pyridine rings is 1. The van der Waals surface area contributed by atoms with Crippen LogP contribution in [0.3, 0.4) is 0 Å². The van der Waals surface area contributed by atoms with Crippen molar-refractivity contribution in [3.8, 4) is 0 Å². The maximum absolute atomic E-state index is 10.7. The second-order valence-electron chi connectivity index (χ2n) is 7.02. The lowest BCUT2D eigenvalue weighted by Gasteiger charge is -2.31. The summed E-state index contributed by atoms with van der Waals surface area (Å²) in [6.07, 6.45) is 1.71. The minimum absolute atomic E-state index is 0.499. The lowest BCUT2D eigenvalue weighted by atomic mass is 9.93. The van der Waals surface area contributed by atoms with Crippen LogP contribution in [-0.4, -0.2) is 64.2 Å². The van der Waals surface area contributed by atoms with Crippen LogP contribution < -0.4 is 0 Å². The van der Waals surface area contributed by atoms with Crippen molar-refractivity contribution in [2.24, 2.45) is 9.98 Å². The molecule has 2 N–H and O–H groups in total. The van der Waals surface area contributed by atoms with Gasteiger partial charge in [0.15, 0.2) is 6.23 Å². The van der Waals surface area contributed by atoms with Gasteiger partial charge in [-0.15, -0.1) is 0 Å². The SMILES string of the molecule is C=Nc1c(/C(C)=N\C)ccn1[C@@H]1O[C@H]([C@@H]2OCCc3ccncc32)[C@@H](O)[C@H]1O. The molecule has 28 heavy (non-hydrogen) atoms. The molecule has 2 aliphatic heterocycles. The molecule has 5 atom stereocenters. The minimum Gasteiger partial charge on any atom is -0.387 e. The normalized spacial score (nSPS) is 30.3. The first-order valence-corrected chi connectivity index (χ1v) is 9.24. The molecule has 4 heterocycles. The summed E-state index contributed by atoms with van der Waals surface area (Å²) in [5.74, 6) is 0.534. The number of fused-ring (bicyclic) bond motifs is 1. The quantitative estimate of drug-likeness (QED) is 0.780. The first-order chi connectivity index (χ1) is 13.6. The topological polar surface area (TPSA) is 101 Å². The highest BCUT2D eigenvalue weighted by molar-refractivity contribution is 6.02. The van der Waals surface area contributed by atoms with E-state index in [0.29, 0.717) is 12.4 Å². The predicted molar refractivity (Wildman–Crippen MR) is 104 cm³/mol. The molecule has 0 amide bonds. The molecule has 0 aliphatic carbocycles. The number of hydrogen-bond donors (Lipinski definition) is 2. The molecule has 0 saturated carbocycles. The van der Waals surface area contributed by atoms with E-state index in [-0.39, 0.29) is 0 Å². The van der Waals surface area contributed by atoms with Crippen molar-refractivity contribution < 1.29 is 19.7 Å².